The smallest absolute Gasteiger partial charge is 0.244 e. The monoisotopic (exact) mass is 291 g/mol. The Labute approximate surface area is 127 Å². The largest absolute Gasteiger partial charge is 0.338 e. The van der Waals surface area contributed by atoms with Crippen LogP contribution in [0.3, 0.4) is 0 Å². The zero-order valence-electron chi connectivity index (χ0n) is 13.4. The van der Waals surface area contributed by atoms with E-state index in [1.165, 1.54) is 32.1 Å². The van der Waals surface area contributed by atoms with Crippen molar-refractivity contribution in [3.63, 3.8) is 0 Å². The molecular formula is C16H29N5. The molecule has 1 atom stereocenters. The lowest BCUT2D eigenvalue weighted by Crippen LogP contribution is -2.43. The summed E-state index contributed by atoms with van der Waals surface area (Å²) in [4.78, 5) is 7.12. The molecule has 0 bridgehead atoms. The third kappa shape index (κ3) is 3.07. The number of hydrogen-bond donors (Lipinski definition) is 2. The summed E-state index contributed by atoms with van der Waals surface area (Å²) < 4.78 is 0. The van der Waals surface area contributed by atoms with Gasteiger partial charge in [-0.15, -0.1) is 5.10 Å². The van der Waals surface area contributed by atoms with Gasteiger partial charge in [-0.3, -0.25) is 5.10 Å². The van der Waals surface area contributed by atoms with Gasteiger partial charge in [-0.25, -0.2) is 0 Å². The molecule has 21 heavy (non-hydrogen) atoms. The molecule has 5 nitrogen and oxygen atoms in total. The number of piperidine rings is 1. The number of aromatic nitrogens is 3. The van der Waals surface area contributed by atoms with Gasteiger partial charge in [0.2, 0.25) is 5.95 Å². The summed E-state index contributed by atoms with van der Waals surface area (Å²) in [6.45, 7) is 6.53. The van der Waals surface area contributed by atoms with Gasteiger partial charge in [0.05, 0.1) is 0 Å². The van der Waals surface area contributed by atoms with E-state index in [4.69, 9.17) is 10.7 Å². The molecule has 1 aromatic rings. The molecule has 0 aromatic carbocycles. The fourth-order valence-electron chi connectivity index (χ4n) is 4.19. The number of rotatable bonds is 4. The van der Waals surface area contributed by atoms with Crippen molar-refractivity contribution in [3.8, 4) is 0 Å². The average Bonchev–Trinajstić information content (AvgIpc) is 3.07. The topological polar surface area (TPSA) is 70.8 Å². The Hall–Kier alpha value is -1.10. The number of aromatic amines is 1. The lowest BCUT2D eigenvalue weighted by atomic mass is 9.78. The lowest BCUT2D eigenvalue weighted by molar-refractivity contribution is 0.329. The quantitative estimate of drug-likeness (QED) is 0.894. The van der Waals surface area contributed by atoms with Gasteiger partial charge >= 0.3 is 0 Å². The number of anilines is 1. The number of H-pyrrole nitrogens is 1. The van der Waals surface area contributed by atoms with Gasteiger partial charge in [-0.2, -0.15) is 4.98 Å². The number of nitrogens with zero attached hydrogens (tertiary/aromatic N) is 3. The molecular weight excluding hydrogens is 262 g/mol. The molecule has 2 heterocycles. The fourth-order valence-corrected chi connectivity index (χ4v) is 4.19. The van der Waals surface area contributed by atoms with Crippen LogP contribution in [0.15, 0.2) is 0 Å². The van der Waals surface area contributed by atoms with Gasteiger partial charge in [-0.1, -0.05) is 26.7 Å². The Morgan fingerprint density at radius 3 is 2.76 bits per heavy atom. The Bertz CT molecular complexity index is 461. The minimum atomic E-state index is 0.233. The Kier molecular flexibility index (Phi) is 4.20. The Balaban J connectivity index is 1.79. The van der Waals surface area contributed by atoms with Crippen LogP contribution < -0.4 is 10.6 Å². The van der Waals surface area contributed by atoms with Gasteiger partial charge in [0, 0.05) is 24.5 Å². The van der Waals surface area contributed by atoms with E-state index in [0.717, 1.165) is 37.7 Å². The summed E-state index contributed by atoms with van der Waals surface area (Å²) in [5, 5.41) is 7.77. The first kappa shape index (κ1) is 14.8. The van der Waals surface area contributed by atoms with Crippen molar-refractivity contribution in [2.45, 2.75) is 70.3 Å². The highest BCUT2D eigenvalue weighted by Crippen LogP contribution is 2.44. The molecule has 118 valence electrons. The van der Waals surface area contributed by atoms with Gasteiger partial charge in [-0.05, 0) is 38.0 Å². The predicted octanol–water partition coefficient (Wildman–Crippen LogP) is 2.59. The van der Waals surface area contributed by atoms with Crippen LogP contribution in [0.4, 0.5) is 5.95 Å². The molecule has 3 rings (SSSR count). The van der Waals surface area contributed by atoms with Crippen LogP contribution in [0.5, 0.6) is 0 Å². The maximum Gasteiger partial charge on any atom is 0.244 e. The summed E-state index contributed by atoms with van der Waals surface area (Å²) in [5.41, 5.74) is 6.31. The van der Waals surface area contributed by atoms with Crippen LogP contribution >= 0.6 is 0 Å². The van der Waals surface area contributed by atoms with Crippen LogP contribution in [-0.4, -0.2) is 34.3 Å². The molecule has 1 saturated carbocycles. The summed E-state index contributed by atoms with van der Waals surface area (Å²) in [6.07, 6.45) is 8.60. The van der Waals surface area contributed by atoms with E-state index in [2.05, 4.69) is 28.9 Å². The van der Waals surface area contributed by atoms with Crippen molar-refractivity contribution in [2.75, 3.05) is 18.0 Å². The van der Waals surface area contributed by atoms with Crippen molar-refractivity contribution in [2.24, 2.45) is 11.7 Å². The average molecular weight is 291 g/mol. The first-order chi connectivity index (χ1) is 10.1. The number of nitrogens with one attached hydrogen (secondary N) is 1. The van der Waals surface area contributed by atoms with Crippen LogP contribution in [0.2, 0.25) is 0 Å². The molecule has 1 aliphatic heterocycles. The van der Waals surface area contributed by atoms with Crippen LogP contribution in [0, 0.1) is 5.92 Å². The molecule has 0 radical (unpaired) electrons. The first-order valence-corrected chi connectivity index (χ1v) is 8.52. The molecule has 2 aliphatic rings. The van der Waals surface area contributed by atoms with E-state index < -0.39 is 0 Å². The standard InChI is InChI=1S/C16H29N5/c1-12(2)10-16(7-3-4-8-16)14-18-15(20-19-14)21-9-5-6-13(17)11-21/h12-13H,3-11,17H2,1-2H3,(H,18,19,20). The van der Waals surface area contributed by atoms with Crippen LogP contribution in [0.1, 0.15) is 64.6 Å². The summed E-state index contributed by atoms with van der Waals surface area (Å²) >= 11 is 0. The van der Waals surface area contributed by atoms with E-state index in [-0.39, 0.29) is 11.5 Å². The summed E-state index contributed by atoms with van der Waals surface area (Å²) in [7, 11) is 0. The highest BCUT2D eigenvalue weighted by Gasteiger charge is 2.39. The van der Waals surface area contributed by atoms with E-state index in [1.54, 1.807) is 0 Å². The number of hydrogen-bond acceptors (Lipinski definition) is 4. The summed E-state index contributed by atoms with van der Waals surface area (Å²) in [6, 6.07) is 0.261. The maximum atomic E-state index is 6.08. The van der Waals surface area contributed by atoms with Crippen molar-refractivity contribution in [1.82, 2.24) is 15.2 Å². The number of nitrogens with two attached hydrogens (primary N) is 1. The maximum absolute atomic E-state index is 6.08. The SMILES string of the molecule is CC(C)CC1(c2nc(N3CCCC(N)C3)n[nH]2)CCCC1. The van der Waals surface area contributed by atoms with Crippen molar-refractivity contribution < 1.29 is 0 Å². The molecule has 1 aliphatic carbocycles. The van der Waals surface area contributed by atoms with E-state index in [9.17, 15) is 0 Å². The zero-order valence-corrected chi connectivity index (χ0v) is 13.4. The second kappa shape index (κ2) is 5.95. The lowest BCUT2D eigenvalue weighted by Gasteiger charge is -2.30. The second-order valence-electron chi connectivity index (χ2n) is 7.42. The van der Waals surface area contributed by atoms with Gasteiger partial charge < -0.3 is 10.6 Å². The van der Waals surface area contributed by atoms with Crippen molar-refractivity contribution in [3.05, 3.63) is 5.82 Å². The van der Waals surface area contributed by atoms with E-state index >= 15 is 0 Å². The third-order valence-corrected chi connectivity index (χ3v) is 5.08. The van der Waals surface area contributed by atoms with Gasteiger partial charge in [0.15, 0.2) is 0 Å². The summed E-state index contributed by atoms with van der Waals surface area (Å²) in [5.74, 6) is 2.66. The molecule has 3 N–H and O–H groups in total. The van der Waals surface area contributed by atoms with Gasteiger partial charge in [0.1, 0.15) is 5.82 Å². The fraction of sp³-hybridized carbons (Fsp3) is 0.875. The Morgan fingerprint density at radius 1 is 1.33 bits per heavy atom. The normalized spacial score (nSPS) is 25.7. The van der Waals surface area contributed by atoms with E-state index in [1.807, 2.05) is 0 Å². The molecule has 2 fully saturated rings. The minimum absolute atomic E-state index is 0.233. The molecule has 1 saturated heterocycles. The van der Waals surface area contributed by atoms with E-state index in [0.29, 0.717) is 5.92 Å². The molecule has 0 spiro atoms. The van der Waals surface area contributed by atoms with Crippen LogP contribution in [-0.2, 0) is 5.41 Å². The van der Waals surface area contributed by atoms with Crippen LogP contribution in [0.25, 0.3) is 0 Å². The van der Waals surface area contributed by atoms with Crippen molar-refractivity contribution in [1.29, 1.82) is 0 Å². The molecule has 1 unspecified atom stereocenters. The zero-order chi connectivity index (χ0) is 14.9. The minimum Gasteiger partial charge on any atom is -0.338 e. The second-order valence-corrected chi connectivity index (χ2v) is 7.42. The molecule has 1 aromatic heterocycles. The van der Waals surface area contributed by atoms with Crippen molar-refractivity contribution >= 4 is 5.95 Å². The third-order valence-electron chi connectivity index (χ3n) is 5.08. The molecule has 5 heteroatoms. The predicted molar refractivity (Wildman–Crippen MR) is 85.4 cm³/mol. The van der Waals surface area contributed by atoms with Gasteiger partial charge in [0.25, 0.3) is 0 Å². The first-order valence-electron chi connectivity index (χ1n) is 8.52. The highest BCUT2D eigenvalue weighted by molar-refractivity contribution is 5.31. The highest BCUT2D eigenvalue weighted by atomic mass is 15.4. The molecule has 0 amide bonds. The Morgan fingerprint density at radius 2 is 2.10 bits per heavy atom.